The standard InChI is InChI=1S/C24H36N4O3/c1-15-20-17(22(30)27(8)13-9-10-19(29)31-24(5,6)7)14-18(16-11-12-16)25-21(20)28(26-15)23(2,3)4/h14,16H,9-13H2,1-8H3. The third-order valence-corrected chi connectivity index (χ3v) is 5.34. The van der Waals surface area contributed by atoms with Crippen LogP contribution in [0.5, 0.6) is 0 Å². The Bertz CT molecular complexity index is 991. The largest absolute Gasteiger partial charge is 0.460 e. The molecule has 0 atom stereocenters. The van der Waals surface area contributed by atoms with Crippen molar-refractivity contribution in [1.82, 2.24) is 19.7 Å². The van der Waals surface area contributed by atoms with Crippen molar-refractivity contribution in [2.45, 2.75) is 91.2 Å². The minimum Gasteiger partial charge on any atom is -0.460 e. The molecule has 1 amide bonds. The van der Waals surface area contributed by atoms with E-state index in [0.717, 1.165) is 35.3 Å². The fourth-order valence-electron chi connectivity index (χ4n) is 3.69. The molecule has 7 nitrogen and oxygen atoms in total. The summed E-state index contributed by atoms with van der Waals surface area (Å²) in [5.74, 6) is 0.130. The highest BCUT2D eigenvalue weighted by Crippen LogP contribution is 2.41. The van der Waals surface area contributed by atoms with Crippen LogP contribution >= 0.6 is 0 Å². The lowest BCUT2D eigenvalue weighted by molar-refractivity contribution is -0.154. The van der Waals surface area contributed by atoms with Crippen LogP contribution in [0.15, 0.2) is 6.07 Å². The average Bonchev–Trinajstić information content (AvgIpc) is 3.42. The molecule has 7 heteroatoms. The number of aryl methyl sites for hydroxylation is 1. The van der Waals surface area contributed by atoms with E-state index in [2.05, 4.69) is 20.8 Å². The number of amides is 1. The maximum absolute atomic E-state index is 13.4. The van der Waals surface area contributed by atoms with Crippen LogP contribution in [0, 0.1) is 6.92 Å². The van der Waals surface area contributed by atoms with Crippen molar-refractivity contribution in [3.8, 4) is 0 Å². The Labute approximate surface area is 185 Å². The molecule has 1 saturated carbocycles. The number of hydrogen-bond acceptors (Lipinski definition) is 5. The third kappa shape index (κ3) is 5.43. The summed E-state index contributed by atoms with van der Waals surface area (Å²) < 4.78 is 7.29. The molecule has 0 aromatic carbocycles. The van der Waals surface area contributed by atoms with Gasteiger partial charge in [0.1, 0.15) is 5.60 Å². The van der Waals surface area contributed by atoms with Crippen molar-refractivity contribution < 1.29 is 14.3 Å². The summed E-state index contributed by atoms with van der Waals surface area (Å²) in [5.41, 5.74) is 2.49. The summed E-state index contributed by atoms with van der Waals surface area (Å²) in [7, 11) is 1.78. The first-order valence-electron chi connectivity index (χ1n) is 11.2. The molecule has 31 heavy (non-hydrogen) atoms. The van der Waals surface area contributed by atoms with Gasteiger partial charge in [-0.3, -0.25) is 9.59 Å². The number of nitrogens with zero attached hydrogens (tertiary/aromatic N) is 4. The number of ether oxygens (including phenoxy) is 1. The normalized spacial score (nSPS) is 14.7. The molecular formula is C24H36N4O3. The van der Waals surface area contributed by atoms with E-state index in [1.54, 1.807) is 11.9 Å². The van der Waals surface area contributed by atoms with Crippen molar-refractivity contribution >= 4 is 22.9 Å². The summed E-state index contributed by atoms with van der Waals surface area (Å²) in [6.07, 6.45) is 3.07. The number of carbonyl (C=O) groups excluding carboxylic acids is 2. The molecule has 2 aromatic rings. The van der Waals surface area contributed by atoms with E-state index in [0.29, 0.717) is 24.4 Å². The molecular weight excluding hydrogens is 392 g/mol. The first-order chi connectivity index (χ1) is 14.3. The average molecular weight is 429 g/mol. The number of esters is 1. The maximum atomic E-state index is 13.4. The van der Waals surface area contributed by atoms with E-state index >= 15 is 0 Å². The van der Waals surface area contributed by atoms with Crippen LogP contribution in [-0.2, 0) is 15.1 Å². The van der Waals surface area contributed by atoms with Crippen LogP contribution in [0.2, 0.25) is 0 Å². The molecule has 0 spiro atoms. The fraction of sp³-hybridized carbons (Fsp3) is 0.667. The number of pyridine rings is 1. The van der Waals surface area contributed by atoms with Crippen molar-refractivity contribution in [3.05, 3.63) is 23.0 Å². The Morgan fingerprint density at radius 2 is 1.84 bits per heavy atom. The minimum atomic E-state index is -0.495. The smallest absolute Gasteiger partial charge is 0.306 e. The quantitative estimate of drug-likeness (QED) is 0.630. The summed E-state index contributed by atoms with van der Waals surface area (Å²) >= 11 is 0. The van der Waals surface area contributed by atoms with E-state index in [4.69, 9.17) is 14.8 Å². The van der Waals surface area contributed by atoms with Gasteiger partial charge in [0.05, 0.1) is 22.2 Å². The van der Waals surface area contributed by atoms with Crippen molar-refractivity contribution in [3.63, 3.8) is 0 Å². The molecule has 0 radical (unpaired) electrons. The van der Waals surface area contributed by atoms with E-state index in [9.17, 15) is 9.59 Å². The van der Waals surface area contributed by atoms with Crippen molar-refractivity contribution in [2.75, 3.05) is 13.6 Å². The van der Waals surface area contributed by atoms with Gasteiger partial charge in [0, 0.05) is 31.6 Å². The molecule has 1 aliphatic carbocycles. The van der Waals surface area contributed by atoms with E-state index in [-0.39, 0.29) is 23.8 Å². The molecule has 2 aromatic heterocycles. The van der Waals surface area contributed by atoms with Crippen LogP contribution in [0.25, 0.3) is 11.0 Å². The molecule has 1 fully saturated rings. The molecule has 3 rings (SSSR count). The van der Waals surface area contributed by atoms with Crippen LogP contribution in [0.1, 0.15) is 94.9 Å². The number of fused-ring (bicyclic) bond motifs is 1. The van der Waals surface area contributed by atoms with Crippen LogP contribution in [0.3, 0.4) is 0 Å². The second-order valence-electron chi connectivity index (χ2n) is 10.7. The highest BCUT2D eigenvalue weighted by Gasteiger charge is 2.31. The molecule has 1 aliphatic rings. The van der Waals surface area contributed by atoms with Crippen LogP contribution < -0.4 is 0 Å². The third-order valence-electron chi connectivity index (χ3n) is 5.34. The lowest BCUT2D eigenvalue weighted by Crippen LogP contribution is -2.29. The predicted molar refractivity (Wildman–Crippen MR) is 121 cm³/mol. The Kier molecular flexibility index (Phi) is 6.18. The molecule has 0 N–H and O–H groups in total. The van der Waals surface area contributed by atoms with Gasteiger partial charge in [-0.2, -0.15) is 5.10 Å². The second kappa shape index (κ2) is 8.24. The fourth-order valence-corrected chi connectivity index (χ4v) is 3.69. The van der Waals surface area contributed by atoms with Gasteiger partial charge in [-0.15, -0.1) is 0 Å². The van der Waals surface area contributed by atoms with Crippen LogP contribution in [0.4, 0.5) is 0 Å². The number of aromatic nitrogens is 3. The van der Waals surface area contributed by atoms with Crippen molar-refractivity contribution in [2.24, 2.45) is 0 Å². The summed E-state index contributed by atoms with van der Waals surface area (Å²) in [6, 6.07) is 1.95. The lowest BCUT2D eigenvalue weighted by atomic mass is 10.1. The summed E-state index contributed by atoms with van der Waals surface area (Å²) in [4.78, 5) is 32.0. The highest BCUT2D eigenvalue weighted by molar-refractivity contribution is 6.06. The Morgan fingerprint density at radius 1 is 1.19 bits per heavy atom. The van der Waals surface area contributed by atoms with Gasteiger partial charge in [-0.25, -0.2) is 9.67 Å². The van der Waals surface area contributed by atoms with Gasteiger partial charge in [-0.1, -0.05) is 0 Å². The van der Waals surface area contributed by atoms with E-state index < -0.39 is 5.60 Å². The molecule has 0 aliphatic heterocycles. The zero-order chi connectivity index (χ0) is 23.1. The topological polar surface area (TPSA) is 77.3 Å². The molecule has 0 saturated heterocycles. The number of carbonyl (C=O) groups is 2. The zero-order valence-electron chi connectivity index (χ0n) is 20.2. The Hall–Kier alpha value is -2.44. The van der Waals surface area contributed by atoms with Crippen molar-refractivity contribution in [1.29, 1.82) is 0 Å². The highest BCUT2D eigenvalue weighted by atomic mass is 16.6. The van der Waals surface area contributed by atoms with Gasteiger partial charge >= 0.3 is 5.97 Å². The second-order valence-corrected chi connectivity index (χ2v) is 10.7. The SMILES string of the molecule is Cc1nn(C(C)(C)C)c2nc(C3CC3)cc(C(=O)N(C)CCCC(=O)OC(C)(C)C)c12. The van der Waals surface area contributed by atoms with Gasteiger partial charge in [0.25, 0.3) is 5.91 Å². The minimum absolute atomic E-state index is 0.0601. The molecule has 2 heterocycles. The van der Waals surface area contributed by atoms with Gasteiger partial charge < -0.3 is 9.64 Å². The molecule has 0 unspecified atom stereocenters. The number of hydrogen-bond donors (Lipinski definition) is 0. The first kappa shape index (κ1) is 23.2. The Balaban J connectivity index is 1.84. The summed E-state index contributed by atoms with van der Waals surface area (Å²) in [5, 5.41) is 5.55. The zero-order valence-corrected chi connectivity index (χ0v) is 20.2. The van der Waals surface area contributed by atoms with E-state index in [1.807, 2.05) is 38.4 Å². The lowest BCUT2D eigenvalue weighted by Gasteiger charge is -2.22. The first-order valence-corrected chi connectivity index (χ1v) is 11.2. The van der Waals surface area contributed by atoms with Gasteiger partial charge in [0.15, 0.2) is 5.65 Å². The predicted octanol–water partition coefficient (Wildman–Crippen LogP) is 4.57. The monoisotopic (exact) mass is 428 g/mol. The Morgan fingerprint density at radius 3 is 2.39 bits per heavy atom. The van der Waals surface area contributed by atoms with Gasteiger partial charge in [-0.05, 0) is 73.8 Å². The summed E-state index contributed by atoms with van der Waals surface area (Å²) in [6.45, 7) is 14.2. The van der Waals surface area contributed by atoms with E-state index in [1.165, 1.54) is 0 Å². The van der Waals surface area contributed by atoms with Gasteiger partial charge in [0.2, 0.25) is 0 Å². The molecule has 0 bridgehead atoms. The number of rotatable bonds is 6. The van der Waals surface area contributed by atoms with Crippen LogP contribution in [-0.4, -0.2) is 50.7 Å². The maximum Gasteiger partial charge on any atom is 0.306 e. The molecule has 170 valence electrons.